The van der Waals surface area contributed by atoms with E-state index in [9.17, 15) is 22.8 Å². The number of rotatable bonds is 6. The topological polar surface area (TPSA) is 122 Å². The van der Waals surface area contributed by atoms with Gasteiger partial charge in [0.05, 0.1) is 37.0 Å². The maximum Gasteiger partial charge on any atom is 0.339 e. The molecule has 0 aliphatic carbocycles. The van der Waals surface area contributed by atoms with Gasteiger partial charge in [0.2, 0.25) is 5.91 Å². The van der Waals surface area contributed by atoms with Gasteiger partial charge >= 0.3 is 11.9 Å². The minimum absolute atomic E-state index is 0.0244. The van der Waals surface area contributed by atoms with Crippen LogP contribution in [-0.4, -0.2) is 76.3 Å². The van der Waals surface area contributed by atoms with Gasteiger partial charge < -0.3 is 14.8 Å². The van der Waals surface area contributed by atoms with E-state index in [0.29, 0.717) is 19.4 Å². The number of nitrogens with zero attached hydrogens (tertiary/aromatic N) is 2. The van der Waals surface area contributed by atoms with Gasteiger partial charge in [-0.15, -0.1) is 0 Å². The molecule has 160 valence electrons. The molecule has 1 N–H and O–H groups in total. The zero-order valence-corrected chi connectivity index (χ0v) is 17.6. The molecule has 0 radical (unpaired) electrons. The van der Waals surface area contributed by atoms with Gasteiger partial charge in [-0.2, -0.15) is 17.0 Å². The third-order valence-electron chi connectivity index (χ3n) is 4.65. The summed E-state index contributed by atoms with van der Waals surface area (Å²) in [5.74, 6) is -2.36. The van der Waals surface area contributed by atoms with Crippen molar-refractivity contribution in [2.24, 2.45) is 5.92 Å². The molecule has 1 aromatic carbocycles. The Balaban J connectivity index is 2.26. The standard InChI is InChI=1S/C18H25N3O7S/c1-20(2)29(25,26)21-9-5-6-13(11-21)16(22)19-15-10-12(17(23)27-3)7-8-14(15)18(24)28-4/h7-8,10,13H,5-6,9,11H2,1-4H3,(H,19,22)/t13-/m1/s1. The normalized spacial score (nSPS) is 17.6. The second kappa shape index (κ2) is 9.33. The van der Waals surface area contributed by atoms with E-state index < -0.39 is 34.0 Å². The first-order valence-corrected chi connectivity index (χ1v) is 10.3. The van der Waals surface area contributed by atoms with Crippen molar-refractivity contribution in [1.29, 1.82) is 0 Å². The fraction of sp³-hybridized carbons (Fsp3) is 0.500. The number of benzene rings is 1. The van der Waals surface area contributed by atoms with Crippen molar-refractivity contribution in [2.75, 3.05) is 46.7 Å². The predicted molar refractivity (Wildman–Crippen MR) is 105 cm³/mol. The van der Waals surface area contributed by atoms with E-state index in [2.05, 4.69) is 10.1 Å². The van der Waals surface area contributed by atoms with Crippen LogP contribution in [0.3, 0.4) is 0 Å². The average molecular weight is 427 g/mol. The fourth-order valence-corrected chi connectivity index (χ4v) is 4.20. The fourth-order valence-electron chi connectivity index (χ4n) is 3.01. The number of hydrogen-bond donors (Lipinski definition) is 1. The number of esters is 2. The number of ether oxygens (including phenoxy) is 2. The van der Waals surface area contributed by atoms with Gasteiger partial charge in [0, 0.05) is 27.2 Å². The van der Waals surface area contributed by atoms with Crippen LogP contribution in [0.2, 0.25) is 0 Å². The number of carbonyl (C=O) groups excluding carboxylic acids is 3. The largest absolute Gasteiger partial charge is 0.465 e. The summed E-state index contributed by atoms with van der Waals surface area (Å²) in [5, 5.41) is 2.63. The number of carbonyl (C=O) groups is 3. The number of anilines is 1. The number of hydrogen-bond acceptors (Lipinski definition) is 7. The molecule has 1 aromatic rings. The van der Waals surface area contributed by atoms with Crippen molar-refractivity contribution in [3.63, 3.8) is 0 Å². The first kappa shape index (κ1) is 22.8. The lowest BCUT2D eigenvalue weighted by molar-refractivity contribution is -0.120. The Morgan fingerprint density at radius 3 is 2.38 bits per heavy atom. The summed E-state index contributed by atoms with van der Waals surface area (Å²) >= 11 is 0. The highest BCUT2D eigenvalue weighted by atomic mass is 32.2. The molecule has 0 bridgehead atoms. The summed E-state index contributed by atoms with van der Waals surface area (Å²) in [6.07, 6.45) is 1.02. The smallest absolute Gasteiger partial charge is 0.339 e. The summed E-state index contributed by atoms with van der Waals surface area (Å²) in [7, 11) is 1.65. The SMILES string of the molecule is COC(=O)c1ccc(C(=O)OC)c(NC(=O)[C@@H]2CCCN(S(=O)(=O)N(C)C)C2)c1. The molecule has 1 aliphatic rings. The summed E-state index contributed by atoms with van der Waals surface area (Å²) in [5.41, 5.74) is 0.315. The van der Waals surface area contributed by atoms with E-state index in [1.807, 2.05) is 0 Å². The van der Waals surface area contributed by atoms with Crippen LogP contribution >= 0.6 is 0 Å². The van der Waals surface area contributed by atoms with Gasteiger partial charge in [-0.05, 0) is 31.0 Å². The molecule has 11 heteroatoms. The van der Waals surface area contributed by atoms with Crippen LogP contribution in [0.25, 0.3) is 0 Å². The molecule has 1 fully saturated rings. The monoisotopic (exact) mass is 427 g/mol. The van der Waals surface area contributed by atoms with Crippen molar-refractivity contribution < 1.29 is 32.3 Å². The summed E-state index contributed by atoms with van der Waals surface area (Å²) in [6.45, 7) is 0.353. The summed E-state index contributed by atoms with van der Waals surface area (Å²) in [6, 6.07) is 4.07. The maximum atomic E-state index is 12.8. The van der Waals surface area contributed by atoms with Crippen molar-refractivity contribution in [1.82, 2.24) is 8.61 Å². The van der Waals surface area contributed by atoms with Crippen molar-refractivity contribution in [2.45, 2.75) is 12.8 Å². The molecule has 0 saturated carbocycles. The highest BCUT2D eigenvalue weighted by Crippen LogP contribution is 2.24. The molecular formula is C18H25N3O7S. The highest BCUT2D eigenvalue weighted by molar-refractivity contribution is 7.86. The van der Waals surface area contributed by atoms with E-state index in [1.165, 1.54) is 50.8 Å². The van der Waals surface area contributed by atoms with Gasteiger partial charge in [-0.25, -0.2) is 9.59 Å². The van der Waals surface area contributed by atoms with E-state index >= 15 is 0 Å². The molecule has 0 unspecified atom stereocenters. The van der Waals surface area contributed by atoms with Crippen LogP contribution in [0, 0.1) is 5.92 Å². The Morgan fingerprint density at radius 2 is 1.79 bits per heavy atom. The average Bonchev–Trinajstić information content (AvgIpc) is 2.72. The maximum absolute atomic E-state index is 12.8. The molecule has 1 amide bonds. The Kier molecular flexibility index (Phi) is 7.33. The minimum Gasteiger partial charge on any atom is -0.465 e. The molecule has 1 heterocycles. The number of amides is 1. The first-order valence-electron chi connectivity index (χ1n) is 8.91. The quantitative estimate of drug-likeness (QED) is 0.664. The highest BCUT2D eigenvalue weighted by Gasteiger charge is 2.34. The summed E-state index contributed by atoms with van der Waals surface area (Å²) in [4.78, 5) is 36.6. The van der Waals surface area contributed by atoms with Crippen molar-refractivity contribution in [3.8, 4) is 0 Å². The predicted octanol–water partition coefficient (Wildman–Crippen LogP) is 0.717. The second-order valence-electron chi connectivity index (χ2n) is 6.72. The Bertz CT molecular complexity index is 899. The Hall–Kier alpha value is -2.50. The minimum atomic E-state index is -3.63. The molecule has 1 saturated heterocycles. The van der Waals surface area contributed by atoms with Gasteiger partial charge in [0.15, 0.2) is 0 Å². The molecular weight excluding hydrogens is 402 g/mol. The molecule has 2 rings (SSSR count). The molecule has 29 heavy (non-hydrogen) atoms. The third kappa shape index (κ3) is 5.11. The Morgan fingerprint density at radius 1 is 1.14 bits per heavy atom. The van der Waals surface area contributed by atoms with Gasteiger partial charge in [-0.1, -0.05) is 0 Å². The van der Waals surface area contributed by atoms with E-state index in [4.69, 9.17) is 4.74 Å². The first-order chi connectivity index (χ1) is 13.6. The zero-order chi connectivity index (χ0) is 21.8. The van der Waals surface area contributed by atoms with Crippen LogP contribution in [0.5, 0.6) is 0 Å². The van der Waals surface area contributed by atoms with E-state index in [1.54, 1.807) is 0 Å². The summed E-state index contributed by atoms with van der Waals surface area (Å²) < 4.78 is 36.5. The lowest BCUT2D eigenvalue weighted by Crippen LogP contribution is -2.47. The lowest BCUT2D eigenvalue weighted by Gasteiger charge is -2.32. The zero-order valence-electron chi connectivity index (χ0n) is 16.8. The van der Waals surface area contributed by atoms with E-state index in [0.717, 1.165) is 4.31 Å². The van der Waals surface area contributed by atoms with Gasteiger partial charge in [0.1, 0.15) is 0 Å². The molecule has 0 spiro atoms. The number of nitrogens with one attached hydrogen (secondary N) is 1. The Labute approximate surface area is 169 Å². The number of piperidine rings is 1. The van der Waals surface area contributed by atoms with Crippen molar-refractivity contribution >= 4 is 33.7 Å². The van der Waals surface area contributed by atoms with Crippen LogP contribution in [-0.2, 0) is 24.5 Å². The molecule has 0 aromatic heterocycles. The van der Waals surface area contributed by atoms with Crippen molar-refractivity contribution in [3.05, 3.63) is 29.3 Å². The van der Waals surface area contributed by atoms with Crippen LogP contribution < -0.4 is 5.32 Å². The molecule has 10 nitrogen and oxygen atoms in total. The molecule has 1 aliphatic heterocycles. The van der Waals surface area contributed by atoms with Gasteiger partial charge in [-0.3, -0.25) is 4.79 Å². The van der Waals surface area contributed by atoms with Crippen LogP contribution in [0.1, 0.15) is 33.6 Å². The lowest BCUT2D eigenvalue weighted by atomic mass is 9.98. The van der Waals surface area contributed by atoms with Crippen LogP contribution in [0.15, 0.2) is 18.2 Å². The molecule has 1 atom stereocenters. The van der Waals surface area contributed by atoms with Gasteiger partial charge in [0.25, 0.3) is 10.2 Å². The second-order valence-corrected chi connectivity index (χ2v) is 8.86. The van der Waals surface area contributed by atoms with Crippen LogP contribution in [0.4, 0.5) is 5.69 Å². The third-order valence-corrected chi connectivity index (χ3v) is 6.55. The van der Waals surface area contributed by atoms with E-state index in [-0.39, 0.29) is 23.4 Å². The number of methoxy groups -OCH3 is 2.